The molecule has 2 amide bonds. The van der Waals surface area contributed by atoms with E-state index in [0.29, 0.717) is 11.0 Å². The molecule has 2 heterocycles. The summed E-state index contributed by atoms with van der Waals surface area (Å²) in [5.41, 5.74) is 0.537. The third-order valence-electron chi connectivity index (χ3n) is 4.06. The van der Waals surface area contributed by atoms with Gasteiger partial charge in [0.05, 0.1) is 18.4 Å². The molecule has 1 aromatic heterocycles. The number of carbonyl (C=O) groups is 2. The zero-order valence-electron chi connectivity index (χ0n) is 11.0. The fraction of sp³-hybridized carbons (Fsp3) is 0.538. The Kier molecular flexibility index (Phi) is 2.48. The molecule has 0 radical (unpaired) electrons. The molecular formula is C13H14ClN3O2. The zero-order valence-corrected chi connectivity index (χ0v) is 11.7. The van der Waals surface area contributed by atoms with Crippen LogP contribution in [-0.2, 0) is 16.1 Å². The largest absolute Gasteiger partial charge is 0.274 e. The van der Waals surface area contributed by atoms with Gasteiger partial charge in [-0.1, -0.05) is 25.4 Å². The molecule has 0 spiro atoms. The number of likely N-dealkylation sites (tertiary alicyclic amines) is 1. The van der Waals surface area contributed by atoms with E-state index in [1.54, 1.807) is 13.0 Å². The van der Waals surface area contributed by atoms with Crippen molar-refractivity contribution < 1.29 is 9.59 Å². The average molecular weight is 280 g/mol. The van der Waals surface area contributed by atoms with Crippen LogP contribution >= 0.6 is 11.6 Å². The Morgan fingerprint density at radius 3 is 2.37 bits per heavy atom. The fourth-order valence-corrected chi connectivity index (χ4v) is 3.22. The van der Waals surface area contributed by atoms with E-state index < -0.39 is 0 Å². The lowest BCUT2D eigenvalue weighted by Crippen LogP contribution is -2.36. The van der Waals surface area contributed by atoms with Gasteiger partial charge in [-0.3, -0.25) is 14.5 Å². The average Bonchev–Trinajstić information content (AvgIpc) is 2.75. The van der Waals surface area contributed by atoms with E-state index in [1.165, 1.54) is 4.90 Å². The van der Waals surface area contributed by atoms with E-state index in [9.17, 15) is 9.59 Å². The summed E-state index contributed by atoms with van der Waals surface area (Å²) in [5.74, 6) is -0.145. The number of hydrogen-bond donors (Lipinski definition) is 0. The van der Waals surface area contributed by atoms with Gasteiger partial charge in [-0.25, -0.2) is 9.97 Å². The van der Waals surface area contributed by atoms with Crippen LogP contribution in [0.3, 0.4) is 0 Å². The number of halogens is 1. The van der Waals surface area contributed by atoms with Gasteiger partial charge in [0.15, 0.2) is 0 Å². The first-order valence-corrected chi connectivity index (χ1v) is 6.55. The van der Waals surface area contributed by atoms with Crippen molar-refractivity contribution in [3.63, 3.8) is 0 Å². The quantitative estimate of drug-likeness (QED) is 0.609. The number of aromatic nitrogens is 2. The van der Waals surface area contributed by atoms with Crippen molar-refractivity contribution in [3.8, 4) is 0 Å². The summed E-state index contributed by atoms with van der Waals surface area (Å²) < 4.78 is 0. The Labute approximate surface area is 116 Å². The highest BCUT2D eigenvalue weighted by Crippen LogP contribution is 2.63. The monoisotopic (exact) mass is 279 g/mol. The minimum atomic E-state index is -0.185. The number of piperidine rings is 1. The van der Waals surface area contributed by atoms with Gasteiger partial charge in [0.1, 0.15) is 11.0 Å². The van der Waals surface area contributed by atoms with Crippen LogP contribution in [0, 0.1) is 24.2 Å². The van der Waals surface area contributed by atoms with Crippen LogP contribution in [0.1, 0.15) is 25.4 Å². The van der Waals surface area contributed by atoms with E-state index in [4.69, 9.17) is 11.6 Å². The van der Waals surface area contributed by atoms with Gasteiger partial charge in [0, 0.05) is 5.69 Å². The molecule has 0 bridgehead atoms. The molecule has 2 atom stereocenters. The summed E-state index contributed by atoms with van der Waals surface area (Å²) in [4.78, 5) is 33.8. The van der Waals surface area contributed by atoms with Gasteiger partial charge in [-0.15, -0.1) is 0 Å². The maximum Gasteiger partial charge on any atom is 0.234 e. The van der Waals surface area contributed by atoms with E-state index >= 15 is 0 Å². The lowest BCUT2D eigenvalue weighted by molar-refractivity contribution is -0.143. The van der Waals surface area contributed by atoms with E-state index in [2.05, 4.69) is 9.97 Å². The lowest BCUT2D eigenvalue weighted by atomic mass is 10.1. The SMILES string of the molecule is Cc1cc(Cl)nc(CN2C(=O)C3C(C2=O)C3(C)C)n1. The van der Waals surface area contributed by atoms with E-state index in [0.717, 1.165) is 5.69 Å². The summed E-state index contributed by atoms with van der Waals surface area (Å²) in [5, 5.41) is 0.326. The maximum atomic E-state index is 12.2. The van der Waals surface area contributed by atoms with Gasteiger partial charge in [-0.05, 0) is 18.4 Å². The highest BCUT2D eigenvalue weighted by atomic mass is 35.5. The molecule has 3 rings (SSSR count). The predicted octanol–water partition coefficient (Wildman–Crippen LogP) is 1.58. The molecule has 6 heteroatoms. The number of nitrogens with zero attached hydrogens (tertiary/aromatic N) is 3. The van der Waals surface area contributed by atoms with Crippen molar-refractivity contribution in [2.45, 2.75) is 27.3 Å². The predicted molar refractivity (Wildman–Crippen MR) is 68.1 cm³/mol. The summed E-state index contributed by atoms with van der Waals surface area (Å²) in [6, 6.07) is 1.64. The van der Waals surface area contributed by atoms with Crippen LogP contribution < -0.4 is 0 Å². The number of rotatable bonds is 2. The minimum Gasteiger partial charge on any atom is -0.274 e. The molecule has 1 aromatic rings. The molecule has 2 unspecified atom stereocenters. The first-order valence-electron chi connectivity index (χ1n) is 6.17. The van der Waals surface area contributed by atoms with Crippen molar-refractivity contribution in [1.82, 2.24) is 14.9 Å². The Bertz CT molecular complexity index is 555. The zero-order chi connectivity index (χ0) is 13.9. The Balaban J connectivity index is 1.82. The molecular weight excluding hydrogens is 266 g/mol. The molecule has 19 heavy (non-hydrogen) atoms. The summed E-state index contributed by atoms with van der Waals surface area (Å²) in [7, 11) is 0. The van der Waals surface area contributed by atoms with Crippen LogP contribution in [0.5, 0.6) is 0 Å². The fourth-order valence-electron chi connectivity index (χ4n) is 2.96. The second-order valence-corrected chi connectivity index (χ2v) is 6.17. The standard InChI is InChI=1S/C13H14ClN3O2/c1-6-4-7(14)16-8(15-6)5-17-11(18)9-10(12(17)19)13(9,2)3/h4,9-10H,5H2,1-3H3. The van der Waals surface area contributed by atoms with E-state index in [-0.39, 0.29) is 35.6 Å². The molecule has 0 aromatic carbocycles. The third kappa shape index (κ3) is 1.75. The maximum absolute atomic E-state index is 12.2. The van der Waals surface area contributed by atoms with Gasteiger partial charge in [0.2, 0.25) is 11.8 Å². The van der Waals surface area contributed by atoms with Crippen LogP contribution in [0.25, 0.3) is 0 Å². The molecule has 100 valence electrons. The Morgan fingerprint density at radius 1 is 1.26 bits per heavy atom. The second-order valence-electron chi connectivity index (χ2n) is 5.79. The molecule has 2 fully saturated rings. The van der Waals surface area contributed by atoms with E-state index in [1.807, 2.05) is 13.8 Å². The number of carbonyl (C=O) groups excluding carboxylic acids is 2. The minimum absolute atomic E-state index is 0.110. The molecule has 5 nitrogen and oxygen atoms in total. The lowest BCUT2D eigenvalue weighted by Gasteiger charge is -2.19. The number of fused-ring (bicyclic) bond motifs is 1. The Morgan fingerprint density at radius 2 is 1.84 bits per heavy atom. The molecule has 1 aliphatic heterocycles. The highest BCUT2D eigenvalue weighted by Gasteiger charge is 2.72. The topological polar surface area (TPSA) is 63.2 Å². The number of amides is 2. The molecule has 1 saturated heterocycles. The normalized spacial score (nSPS) is 27.7. The summed E-state index contributed by atoms with van der Waals surface area (Å²) in [6.45, 7) is 5.82. The summed E-state index contributed by atoms with van der Waals surface area (Å²) >= 11 is 5.85. The van der Waals surface area contributed by atoms with Crippen molar-refractivity contribution in [2.24, 2.45) is 17.3 Å². The number of imide groups is 1. The first kappa shape index (κ1) is 12.5. The van der Waals surface area contributed by atoms with Gasteiger partial charge >= 0.3 is 0 Å². The van der Waals surface area contributed by atoms with Gasteiger partial charge < -0.3 is 0 Å². The number of aryl methyl sites for hydroxylation is 1. The van der Waals surface area contributed by atoms with Crippen LogP contribution in [0.4, 0.5) is 0 Å². The second kappa shape index (κ2) is 3.76. The number of hydrogen-bond acceptors (Lipinski definition) is 4. The van der Waals surface area contributed by atoms with Crippen molar-refractivity contribution in [3.05, 3.63) is 22.7 Å². The molecule has 1 aliphatic carbocycles. The molecule has 0 N–H and O–H groups in total. The van der Waals surface area contributed by atoms with Gasteiger partial charge in [-0.2, -0.15) is 0 Å². The van der Waals surface area contributed by atoms with Crippen molar-refractivity contribution in [2.75, 3.05) is 0 Å². The third-order valence-corrected chi connectivity index (χ3v) is 4.25. The first-order chi connectivity index (χ1) is 8.82. The van der Waals surface area contributed by atoms with Crippen LogP contribution in [0.2, 0.25) is 5.15 Å². The molecule has 2 aliphatic rings. The molecule has 1 saturated carbocycles. The van der Waals surface area contributed by atoms with Crippen molar-refractivity contribution in [1.29, 1.82) is 0 Å². The van der Waals surface area contributed by atoms with Crippen LogP contribution in [-0.4, -0.2) is 26.7 Å². The van der Waals surface area contributed by atoms with Gasteiger partial charge in [0.25, 0.3) is 0 Å². The smallest absolute Gasteiger partial charge is 0.234 e. The van der Waals surface area contributed by atoms with Crippen molar-refractivity contribution >= 4 is 23.4 Å². The summed E-state index contributed by atoms with van der Waals surface area (Å²) in [6.07, 6.45) is 0. The Hall–Kier alpha value is -1.49. The highest BCUT2D eigenvalue weighted by molar-refractivity contribution is 6.29. The van der Waals surface area contributed by atoms with Crippen LogP contribution in [0.15, 0.2) is 6.07 Å².